The number of carbonyl (C=O) groups is 3. The summed E-state index contributed by atoms with van der Waals surface area (Å²) in [4.78, 5) is 41.1. The zero-order valence-electron chi connectivity index (χ0n) is 17.5. The van der Waals surface area contributed by atoms with Crippen LogP contribution in [-0.2, 0) is 20.8 Å². The van der Waals surface area contributed by atoms with Crippen LogP contribution < -0.4 is 9.64 Å². The van der Waals surface area contributed by atoms with Crippen molar-refractivity contribution < 1.29 is 19.1 Å². The minimum absolute atomic E-state index is 0.00739. The second-order valence-corrected chi connectivity index (χ2v) is 7.31. The summed E-state index contributed by atoms with van der Waals surface area (Å²) < 4.78 is 5.56. The molecule has 0 N–H and O–H groups in total. The molecule has 1 atom stereocenters. The predicted octanol–water partition coefficient (Wildman–Crippen LogP) is 3.59. The van der Waals surface area contributed by atoms with Crippen molar-refractivity contribution in [2.24, 2.45) is 0 Å². The van der Waals surface area contributed by atoms with Gasteiger partial charge in [-0.1, -0.05) is 44.2 Å². The molecular weight excluding hydrogens is 380 g/mol. The number of rotatable bonds is 9. The second kappa shape index (κ2) is 10.1. The number of benzene rings is 2. The van der Waals surface area contributed by atoms with E-state index < -0.39 is 6.04 Å². The highest BCUT2D eigenvalue weighted by Crippen LogP contribution is 2.28. The van der Waals surface area contributed by atoms with E-state index in [4.69, 9.17) is 4.74 Å². The number of nitrogens with zero attached hydrogens (tertiary/aromatic N) is 2. The van der Waals surface area contributed by atoms with Gasteiger partial charge in [0.05, 0.1) is 18.7 Å². The van der Waals surface area contributed by atoms with Gasteiger partial charge in [0.15, 0.2) is 0 Å². The highest BCUT2D eigenvalue weighted by Gasteiger charge is 2.43. The molecule has 6 nitrogen and oxygen atoms in total. The van der Waals surface area contributed by atoms with Crippen molar-refractivity contribution >= 4 is 23.4 Å². The summed E-state index contributed by atoms with van der Waals surface area (Å²) in [6.45, 7) is 4.81. The first kappa shape index (κ1) is 21.6. The Kier molecular flexibility index (Phi) is 7.22. The lowest BCUT2D eigenvalue weighted by molar-refractivity contribution is -0.138. The Morgan fingerprint density at radius 1 is 1.07 bits per heavy atom. The Morgan fingerprint density at radius 2 is 1.77 bits per heavy atom. The van der Waals surface area contributed by atoms with Crippen LogP contribution in [0.15, 0.2) is 54.6 Å². The lowest BCUT2D eigenvalue weighted by Gasteiger charge is -2.27. The SMILES string of the molecule is CCCOc1ccc(N2C(=O)C[C@@H](N(CCc3ccccc3)C(=O)CC)C2=O)cc1. The fourth-order valence-electron chi connectivity index (χ4n) is 3.59. The van der Waals surface area contributed by atoms with Gasteiger partial charge in [-0.05, 0) is 42.7 Å². The molecule has 0 saturated carbocycles. The monoisotopic (exact) mass is 408 g/mol. The molecule has 2 aromatic rings. The van der Waals surface area contributed by atoms with Gasteiger partial charge in [0.2, 0.25) is 11.8 Å². The molecule has 1 fully saturated rings. The predicted molar refractivity (Wildman–Crippen MR) is 115 cm³/mol. The molecule has 2 aromatic carbocycles. The lowest BCUT2D eigenvalue weighted by Crippen LogP contribution is -2.46. The minimum Gasteiger partial charge on any atom is -0.494 e. The number of hydrogen-bond acceptors (Lipinski definition) is 4. The van der Waals surface area contributed by atoms with Crippen molar-refractivity contribution in [1.29, 1.82) is 0 Å². The average Bonchev–Trinajstić information content (AvgIpc) is 3.07. The van der Waals surface area contributed by atoms with E-state index in [-0.39, 0.29) is 30.6 Å². The van der Waals surface area contributed by atoms with E-state index in [1.54, 1.807) is 36.1 Å². The molecule has 158 valence electrons. The molecule has 0 aromatic heterocycles. The van der Waals surface area contributed by atoms with Crippen LogP contribution in [0.5, 0.6) is 5.75 Å². The molecule has 30 heavy (non-hydrogen) atoms. The largest absolute Gasteiger partial charge is 0.494 e. The van der Waals surface area contributed by atoms with E-state index in [0.717, 1.165) is 12.0 Å². The van der Waals surface area contributed by atoms with Gasteiger partial charge in [-0.25, -0.2) is 4.90 Å². The quantitative estimate of drug-likeness (QED) is 0.595. The van der Waals surface area contributed by atoms with Crippen molar-refractivity contribution in [3.05, 3.63) is 60.2 Å². The molecule has 1 saturated heterocycles. The third kappa shape index (κ3) is 4.87. The summed E-state index contributed by atoms with van der Waals surface area (Å²) in [5, 5.41) is 0. The van der Waals surface area contributed by atoms with Gasteiger partial charge in [-0.15, -0.1) is 0 Å². The Balaban J connectivity index is 1.75. The van der Waals surface area contributed by atoms with E-state index in [2.05, 4.69) is 0 Å². The second-order valence-electron chi connectivity index (χ2n) is 7.31. The molecule has 0 unspecified atom stereocenters. The summed E-state index contributed by atoms with van der Waals surface area (Å²) in [7, 11) is 0. The van der Waals surface area contributed by atoms with Crippen LogP contribution in [0.3, 0.4) is 0 Å². The molecular formula is C24H28N2O4. The first-order chi connectivity index (χ1) is 14.5. The third-order valence-corrected chi connectivity index (χ3v) is 5.17. The van der Waals surface area contributed by atoms with Crippen LogP contribution in [-0.4, -0.2) is 41.8 Å². The van der Waals surface area contributed by atoms with Gasteiger partial charge in [0, 0.05) is 13.0 Å². The zero-order chi connectivity index (χ0) is 21.5. The normalized spacial score (nSPS) is 16.1. The summed E-state index contributed by atoms with van der Waals surface area (Å²) >= 11 is 0. The highest BCUT2D eigenvalue weighted by molar-refractivity contribution is 6.23. The van der Waals surface area contributed by atoms with E-state index >= 15 is 0 Å². The van der Waals surface area contributed by atoms with Crippen molar-refractivity contribution in [2.75, 3.05) is 18.1 Å². The Morgan fingerprint density at radius 3 is 2.40 bits per heavy atom. The molecule has 3 amide bonds. The van der Waals surface area contributed by atoms with Gasteiger partial charge < -0.3 is 9.64 Å². The van der Waals surface area contributed by atoms with E-state index in [9.17, 15) is 14.4 Å². The number of carbonyl (C=O) groups excluding carboxylic acids is 3. The van der Waals surface area contributed by atoms with Crippen LogP contribution in [0.2, 0.25) is 0 Å². The number of anilines is 1. The Labute approximate surface area is 177 Å². The van der Waals surface area contributed by atoms with E-state index in [1.807, 2.05) is 37.3 Å². The molecule has 0 spiro atoms. The zero-order valence-corrected chi connectivity index (χ0v) is 17.5. The van der Waals surface area contributed by atoms with Crippen LogP contribution in [0.4, 0.5) is 5.69 Å². The van der Waals surface area contributed by atoms with Crippen molar-refractivity contribution in [1.82, 2.24) is 4.90 Å². The van der Waals surface area contributed by atoms with Crippen molar-refractivity contribution in [3.63, 3.8) is 0 Å². The lowest BCUT2D eigenvalue weighted by atomic mass is 10.1. The molecule has 0 bridgehead atoms. The molecule has 0 radical (unpaired) electrons. The smallest absolute Gasteiger partial charge is 0.257 e. The Bertz CT molecular complexity index is 880. The van der Waals surface area contributed by atoms with Gasteiger partial charge in [0.25, 0.3) is 5.91 Å². The van der Waals surface area contributed by atoms with Crippen molar-refractivity contribution in [3.8, 4) is 5.75 Å². The van der Waals surface area contributed by atoms with E-state index in [0.29, 0.717) is 31.0 Å². The maximum atomic E-state index is 13.1. The van der Waals surface area contributed by atoms with Crippen LogP contribution in [0, 0.1) is 0 Å². The summed E-state index contributed by atoms with van der Waals surface area (Å²) in [6.07, 6.45) is 1.83. The van der Waals surface area contributed by atoms with Crippen LogP contribution >= 0.6 is 0 Å². The Hall–Kier alpha value is -3.15. The number of ether oxygens (including phenoxy) is 1. The number of imide groups is 1. The average molecular weight is 408 g/mol. The van der Waals surface area contributed by atoms with Crippen LogP contribution in [0.1, 0.15) is 38.7 Å². The molecule has 0 aliphatic carbocycles. The van der Waals surface area contributed by atoms with Gasteiger partial charge in [-0.2, -0.15) is 0 Å². The maximum Gasteiger partial charge on any atom is 0.257 e. The van der Waals surface area contributed by atoms with Gasteiger partial charge >= 0.3 is 0 Å². The number of amides is 3. The first-order valence-corrected chi connectivity index (χ1v) is 10.5. The molecule has 1 aliphatic heterocycles. The standard InChI is InChI=1S/C24H28N2O4/c1-3-16-30-20-12-10-19(11-13-20)26-23(28)17-21(24(26)29)25(22(27)4-2)15-14-18-8-6-5-7-9-18/h5-13,21H,3-4,14-17H2,1-2H3/t21-/m1/s1. The van der Waals surface area contributed by atoms with Crippen LogP contribution in [0.25, 0.3) is 0 Å². The van der Waals surface area contributed by atoms with E-state index in [1.165, 1.54) is 4.90 Å². The van der Waals surface area contributed by atoms with Gasteiger partial charge in [0.1, 0.15) is 11.8 Å². The molecule has 1 aliphatic rings. The fraction of sp³-hybridized carbons (Fsp3) is 0.375. The fourth-order valence-corrected chi connectivity index (χ4v) is 3.59. The van der Waals surface area contributed by atoms with Gasteiger partial charge in [-0.3, -0.25) is 14.4 Å². The maximum absolute atomic E-state index is 13.1. The summed E-state index contributed by atoms with van der Waals surface area (Å²) in [5.74, 6) is -0.0675. The first-order valence-electron chi connectivity index (χ1n) is 10.5. The third-order valence-electron chi connectivity index (χ3n) is 5.17. The van der Waals surface area contributed by atoms with Crippen molar-refractivity contribution in [2.45, 2.75) is 45.6 Å². The summed E-state index contributed by atoms with van der Waals surface area (Å²) in [6, 6.07) is 16.0. The molecule has 1 heterocycles. The molecule has 3 rings (SSSR count). The molecule has 6 heteroatoms. The topological polar surface area (TPSA) is 66.9 Å². The summed E-state index contributed by atoms with van der Waals surface area (Å²) in [5.41, 5.74) is 1.59. The highest BCUT2D eigenvalue weighted by atomic mass is 16.5. The number of hydrogen-bond donors (Lipinski definition) is 0. The minimum atomic E-state index is -0.760.